The number of hydrogen-bond donors (Lipinski definition) is 2. The molecular weight excluding hydrogens is 294 g/mol. The summed E-state index contributed by atoms with van der Waals surface area (Å²) in [5, 5.41) is 10.2. The summed E-state index contributed by atoms with van der Waals surface area (Å²) in [4.78, 5) is 13.0. The predicted molar refractivity (Wildman–Crippen MR) is 87.6 cm³/mol. The smallest absolute Gasteiger partial charge is 0.309 e. The largest absolute Gasteiger partial charge is 0.490 e. The lowest BCUT2D eigenvalue weighted by Gasteiger charge is -2.29. The number of aliphatic hydroxyl groups is 1. The molecule has 5 nitrogen and oxygen atoms in total. The lowest BCUT2D eigenvalue weighted by Crippen LogP contribution is -3.14. The normalized spacial score (nSPS) is 22.4. The number of likely N-dealkylation sites (tertiary alicyclic amines) is 1. The van der Waals surface area contributed by atoms with Crippen LogP contribution in [0, 0.1) is 12.8 Å². The molecule has 1 aliphatic rings. The second kappa shape index (κ2) is 8.89. The highest BCUT2D eigenvalue weighted by Gasteiger charge is 2.29. The number of nitrogens with one attached hydrogen (secondary N) is 1. The lowest BCUT2D eigenvalue weighted by molar-refractivity contribution is -0.908. The Labute approximate surface area is 138 Å². The minimum Gasteiger partial charge on any atom is -0.490 e. The molecule has 1 saturated heterocycles. The number of aryl methyl sites for hydroxylation is 1. The first-order valence-corrected chi connectivity index (χ1v) is 8.46. The second-order valence-electron chi connectivity index (χ2n) is 6.21. The topological polar surface area (TPSA) is 60.2 Å². The molecule has 5 heteroatoms. The van der Waals surface area contributed by atoms with Crippen molar-refractivity contribution in [1.29, 1.82) is 0 Å². The van der Waals surface area contributed by atoms with Gasteiger partial charge in [-0.3, -0.25) is 4.79 Å². The first-order valence-electron chi connectivity index (χ1n) is 8.46. The van der Waals surface area contributed by atoms with E-state index < -0.39 is 6.10 Å². The van der Waals surface area contributed by atoms with E-state index in [0.717, 1.165) is 37.2 Å². The van der Waals surface area contributed by atoms with E-state index in [1.165, 1.54) is 4.90 Å². The van der Waals surface area contributed by atoms with Gasteiger partial charge in [-0.2, -0.15) is 0 Å². The average Bonchev–Trinajstić information content (AvgIpc) is 2.55. The minimum atomic E-state index is -0.497. The van der Waals surface area contributed by atoms with Crippen LogP contribution in [0.15, 0.2) is 24.3 Å². The molecule has 128 valence electrons. The van der Waals surface area contributed by atoms with Gasteiger partial charge in [0.05, 0.1) is 25.6 Å². The summed E-state index contributed by atoms with van der Waals surface area (Å²) in [6, 6.07) is 7.81. The number of aliphatic hydroxyl groups excluding tert-OH is 1. The summed E-state index contributed by atoms with van der Waals surface area (Å²) in [6.07, 6.45) is 1.17. The van der Waals surface area contributed by atoms with Crippen LogP contribution in [-0.4, -0.2) is 50.0 Å². The fourth-order valence-electron chi connectivity index (χ4n) is 3.02. The number of para-hydroxylation sites is 1. The van der Waals surface area contributed by atoms with Gasteiger partial charge >= 0.3 is 5.97 Å². The van der Waals surface area contributed by atoms with Crippen molar-refractivity contribution in [3.8, 4) is 5.75 Å². The van der Waals surface area contributed by atoms with Gasteiger partial charge in [0.2, 0.25) is 0 Å². The Morgan fingerprint density at radius 2 is 2.04 bits per heavy atom. The van der Waals surface area contributed by atoms with Gasteiger partial charge < -0.3 is 19.5 Å². The molecule has 1 heterocycles. The first-order chi connectivity index (χ1) is 11.1. The van der Waals surface area contributed by atoms with Crippen molar-refractivity contribution >= 4 is 5.97 Å². The maximum absolute atomic E-state index is 11.7. The fraction of sp³-hybridized carbons (Fsp3) is 0.611. The molecule has 1 atom stereocenters. The van der Waals surface area contributed by atoms with Crippen LogP contribution in [0.25, 0.3) is 0 Å². The van der Waals surface area contributed by atoms with Crippen molar-refractivity contribution in [2.24, 2.45) is 5.92 Å². The summed E-state index contributed by atoms with van der Waals surface area (Å²) in [5.74, 6) is 0.775. The number of piperidine rings is 1. The van der Waals surface area contributed by atoms with Crippen LogP contribution in [0.1, 0.15) is 25.3 Å². The third-order valence-corrected chi connectivity index (χ3v) is 4.36. The van der Waals surface area contributed by atoms with Crippen molar-refractivity contribution < 1.29 is 24.3 Å². The molecule has 1 aliphatic heterocycles. The van der Waals surface area contributed by atoms with Gasteiger partial charge in [-0.1, -0.05) is 18.2 Å². The number of rotatable bonds is 7. The minimum absolute atomic E-state index is 0.0269. The molecule has 1 fully saturated rings. The number of quaternary nitrogens is 1. The molecule has 0 saturated carbocycles. The van der Waals surface area contributed by atoms with E-state index in [4.69, 9.17) is 9.47 Å². The highest BCUT2D eigenvalue weighted by molar-refractivity contribution is 5.72. The quantitative estimate of drug-likeness (QED) is 0.722. The number of hydrogen-bond acceptors (Lipinski definition) is 4. The Morgan fingerprint density at radius 3 is 2.70 bits per heavy atom. The molecule has 0 aromatic heterocycles. The van der Waals surface area contributed by atoms with E-state index in [2.05, 4.69) is 0 Å². The van der Waals surface area contributed by atoms with Crippen LogP contribution >= 0.6 is 0 Å². The molecule has 2 N–H and O–H groups in total. The standard InChI is InChI=1S/C18H27NO4/c1-3-22-18(21)15-8-10-19(11-9-15)12-16(20)13-23-17-7-5-4-6-14(17)2/h4-7,15-16,20H,3,8-13H2,1-2H3/p+1/t16-/m1/s1. The molecule has 0 unspecified atom stereocenters. The Bertz CT molecular complexity index is 498. The number of benzene rings is 1. The second-order valence-corrected chi connectivity index (χ2v) is 6.21. The van der Waals surface area contributed by atoms with E-state index in [1.54, 1.807) is 0 Å². The maximum atomic E-state index is 11.7. The molecular formula is C18H28NO4+. The van der Waals surface area contributed by atoms with E-state index in [1.807, 2.05) is 38.1 Å². The third kappa shape index (κ3) is 5.52. The zero-order valence-electron chi connectivity index (χ0n) is 14.1. The SMILES string of the molecule is CCOC(=O)C1CC[NH+](C[C@@H](O)COc2ccccc2C)CC1. The zero-order valence-corrected chi connectivity index (χ0v) is 14.1. The van der Waals surface area contributed by atoms with Gasteiger partial charge in [-0.05, 0) is 25.5 Å². The van der Waals surface area contributed by atoms with Gasteiger partial charge in [0.1, 0.15) is 25.0 Å². The Balaban J connectivity index is 1.69. The van der Waals surface area contributed by atoms with Crippen LogP contribution in [0.5, 0.6) is 5.75 Å². The van der Waals surface area contributed by atoms with Crippen LogP contribution in [0.3, 0.4) is 0 Å². The predicted octanol–water partition coefficient (Wildman–Crippen LogP) is 0.593. The van der Waals surface area contributed by atoms with E-state index >= 15 is 0 Å². The van der Waals surface area contributed by atoms with Gasteiger partial charge in [0.25, 0.3) is 0 Å². The van der Waals surface area contributed by atoms with Crippen molar-refractivity contribution in [1.82, 2.24) is 0 Å². The molecule has 1 aromatic carbocycles. The molecule has 2 rings (SSSR count). The van der Waals surface area contributed by atoms with Gasteiger partial charge in [-0.25, -0.2) is 0 Å². The van der Waals surface area contributed by atoms with Crippen molar-refractivity contribution in [3.63, 3.8) is 0 Å². The summed E-state index contributed by atoms with van der Waals surface area (Å²) >= 11 is 0. The van der Waals surface area contributed by atoms with E-state index in [-0.39, 0.29) is 11.9 Å². The molecule has 1 aromatic rings. The molecule has 0 radical (unpaired) electrons. The van der Waals surface area contributed by atoms with Crippen LogP contribution < -0.4 is 9.64 Å². The van der Waals surface area contributed by atoms with Crippen molar-refractivity contribution in [2.45, 2.75) is 32.8 Å². The maximum Gasteiger partial charge on any atom is 0.309 e. The summed E-state index contributed by atoms with van der Waals surface area (Å²) in [5.41, 5.74) is 1.07. The Morgan fingerprint density at radius 1 is 1.35 bits per heavy atom. The van der Waals surface area contributed by atoms with Gasteiger partial charge in [0.15, 0.2) is 0 Å². The van der Waals surface area contributed by atoms with Crippen LogP contribution in [-0.2, 0) is 9.53 Å². The van der Waals surface area contributed by atoms with Crippen LogP contribution in [0.4, 0.5) is 0 Å². The highest BCUT2D eigenvalue weighted by atomic mass is 16.5. The van der Waals surface area contributed by atoms with Crippen molar-refractivity contribution in [3.05, 3.63) is 29.8 Å². The zero-order chi connectivity index (χ0) is 16.7. The summed E-state index contributed by atoms with van der Waals surface area (Å²) < 4.78 is 10.8. The Kier molecular flexibility index (Phi) is 6.86. The van der Waals surface area contributed by atoms with E-state index in [0.29, 0.717) is 19.8 Å². The van der Waals surface area contributed by atoms with Crippen molar-refractivity contribution in [2.75, 3.05) is 32.8 Å². The highest BCUT2D eigenvalue weighted by Crippen LogP contribution is 2.16. The van der Waals surface area contributed by atoms with E-state index in [9.17, 15) is 9.90 Å². The summed E-state index contributed by atoms with van der Waals surface area (Å²) in [7, 11) is 0. The molecule has 0 spiro atoms. The number of esters is 1. The Hall–Kier alpha value is -1.59. The number of carbonyl (C=O) groups is 1. The fourth-order valence-corrected chi connectivity index (χ4v) is 3.02. The van der Waals surface area contributed by atoms with Crippen LogP contribution in [0.2, 0.25) is 0 Å². The molecule has 0 amide bonds. The average molecular weight is 322 g/mol. The summed E-state index contributed by atoms with van der Waals surface area (Å²) in [6.45, 7) is 7.02. The number of ether oxygens (including phenoxy) is 2. The first kappa shape index (κ1) is 17.8. The third-order valence-electron chi connectivity index (χ3n) is 4.36. The van der Waals surface area contributed by atoms with Gasteiger partial charge in [0, 0.05) is 12.8 Å². The van der Waals surface area contributed by atoms with Gasteiger partial charge in [-0.15, -0.1) is 0 Å². The monoisotopic (exact) mass is 322 g/mol. The molecule has 0 bridgehead atoms. The number of carbonyl (C=O) groups excluding carboxylic acids is 1. The molecule has 0 aliphatic carbocycles. The molecule has 23 heavy (non-hydrogen) atoms. The lowest BCUT2D eigenvalue weighted by atomic mass is 9.97.